The van der Waals surface area contributed by atoms with Crippen molar-refractivity contribution in [2.75, 3.05) is 39.6 Å². The highest BCUT2D eigenvalue weighted by Crippen LogP contribution is 2.36. The van der Waals surface area contributed by atoms with Gasteiger partial charge < -0.3 is 25.2 Å². The van der Waals surface area contributed by atoms with Gasteiger partial charge in [-0.15, -0.1) is 0 Å². The number of anilines is 1. The molecule has 1 aromatic rings. The number of hydrogen-bond acceptors (Lipinski definition) is 5. The van der Waals surface area contributed by atoms with Crippen molar-refractivity contribution in [2.45, 2.75) is 45.1 Å². The van der Waals surface area contributed by atoms with Gasteiger partial charge in [0.15, 0.2) is 11.5 Å². The average Bonchev–Trinajstić information content (AvgIpc) is 2.56. The van der Waals surface area contributed by atoms with Crippen LogP contribution < -0.4 is 15.2 Å². The third kappa shape index (κ3) is 5.02. The molecular formula is C19H32N2O3. The molecular weight excluding hydrogens is 304 g/mol. The van der Waals surface area contributed by atoms with Gasteiger partial charge in [0.1, 0.15) is 0 Å². The van der Waals surface area contributed by atoms with Gasteiger partial charge in [0.2, 0.25) is 0 Å². The van der Waals surface area contributed by atoms with E-state index >= 15 is 0 Å². The molecule has 0 amide bonds. The maximum Gasteiger partial charge on any atom is 0.184 e. The number of piperidine rings is 1. The van der Waals surface area contributed by atoms with Crippen molar-refractivity contribution in [3.63, 3.8) is 0 Å². The number of benzene rings is 1. The van der Waals surface area contributed by atoms with Crippen LogP contribution in [-0.4, -0.2) is 50.0 Å². The maximum absolute atomic E-state index is 10.3. The zero-order valence-electron chi connectivity index (χ0n) is 15.3. The number of likely N-dealkylation sites (tertiary alicyclic amines) is 1. The molecule has 1 saturated heterocycles. The first-order valence-corrected chi connectivity index (χ1v) is 9.01. The number of nitrogens with two attached hydrogens (primary N) is 1. The summed E-state index contributed by atoms with van der Waals surface area (Å²) in [7, 11) is 3.74. The lowest BCUT2D eigenvalue weighted by Crippen LogP contribution is -2.41. The Hall–Kier alpha value is -1.46. The third-order valence-electron chi connectivity index (χ3n) is 4.75. The number of aliphatic hydroxyl groups is 1. The van der Waals surface area contributed by atoms with Crippen LogP contribution in [0.4, 0.5) is 5.69 Å². The first-order valence-electron chi connectivity index (χ1n) is 9.01. The van der Waals surface area contributed by atoms with Gasteiger partial charge in [0.25, 0.3) is 0 Å². The normalized spacial score (nSPS) is 21.7. The maximum atomic E-state index is 10.3. The van der Waals surface area contributed by atoms with E-state index < -0.39 is 0 Å². The molecule has 1 heterocycles. The van der Waals surface area contributed by atoms with Gasteiger partial charge >= 0.3 is 0 Å². The zero-order valence-corrected chi connectivity index (χ0v) is 15.3. The lowest BCUT2D eigenvalue weighted by atomic mass is 9.88. The van der Waals surface area contributed by atoms with Crippen LogP contribution in [0.1, 0.15) is 38.2 Å². The number of aliphatic hydroxyl groups excluding tert-OH is 1. The minimum absolute atomic E-state index is 0.226. The van der Waals surface area contributed by atoms with Crippen LogP contribution in [0.5, 0.6) is 11.5 Å². The molecule has 2 rings (SSSR count). The topological polar surface area (TPSA) is 68.0 Å². The molecule has 0 radical (unpaired) electrons. The van der Waals surface area contributed by atoms with Crippen LogP contribution in [-0.2, 0) is 6.42 Å². The summed E-state index contributed by atoms with van der Waals surface area (Å²) in [5.41, 5.74) is 7.90. The first kappa shape index (κ1) is 18.9. The minimum Gasteiger partial charge on any atom is -0.493 e. The van der Waals surface area contributed by atoms with Crippen molar-refractivity contribution in [3.8, 4) is 11.5 Å². The number of rotatable bonds is 8. The molecule has 0 spiro atoms. The van der Waals surface area contributed by atoms with Gasteiger partial charge in [-0.25, -0.2) is 0 Å². The Morgan fingerprint density at radius 3 is 2.83 bits per heavy atom. The van der Waals surface area contributed by atoms with Crippen molar-refractivity contribution in [1.29, 1.82) is 0 Å². The Labute approximate surface area is 145 Å². The summed E-state index contributed by atoms with van der Waals surface area (Å²) in [6, 6.07) is 3.95. The fraction of sp³-hybridized carbons (Fsp3) is 0.684. The molecule has 1 aliphatic rings. The fourth-order valence-corrected chi connectivity index (χ4v) is 3.34. The van der Waals surface area contributed by atoms with Gasteiger partial charge in [0.05, 0.1) is 25.5 Å². The van der Waals surface area contributed by atoms with Crippen LogP contribution in [0, 0.1) is 5.92 Å². The summed E-state index contributed by atoms with van der Waals surface area (Å²) >= 11 is 0. The van der Waals surface area contributed by atoms with Gasteiger partial charge in [-0.1, -0.05) is 19.8 Å². The van der Waals surface area contributed by atoms with Crippen molar-refractivity contribution >= 4 is 5.69 Å². The molecule has 1 fully saturated rings. The summed E-state index contributed by atoms with van der Waals surface area (Å²) in [6.45, 7) is 4.67. The number of ether oxygens (including phenoxy) is 2. The highest BCUT2D eigenvalue weighted by atomic mass is 16.5. The summed E-state index contributed by atoms with van der Waals surface area (Å²) in [5.74, 6) is 1.54. The third-order valence-corrected chi connectivity index (χ3v) is 4.75. The molecule has 1 aromatic carbocycles. The van der Waals surface area contributed by atoms with Crippen molar-refractivity contribution < 1.29 is 14.6 Å². The van der Waals surface area contributed by atoms with Crippen molar-refractivity contribution in [3.05, 3.63) is 17.7 Å². The largest absolute Gasteiger partial charge is 0.493 e. The predicted molar refractivity (Wildman–Crippen MR) is 97.7 cm³/mol. The van der Waals surface area contributed by atoms with Crippen LogP contribution in [0.15, 0.2) is 12.1 Å². The van der Waals surface area contributed by atoms with E-state index in [1.807, 2.05) is 12.1 Å². The molecule has 24 heavy (non-hydrogen) atoms. The number of hydrogen-bond donors (Lipinski definition) is 2. The molecule has 0 aliphatic carbocycles. The summed E-state index contributed by atoms with van der Waals surface area (Å²) in [5, 5.41) is 10.3. The van der Waals surface area contributed by atoms with Gasteiger partial charge in [-0.3, -0.25) is 0 Å². The van der Waals surface area contributed by atoms with Crippen molar-refractivity contribution in [1.82, 2.24) is 4.90 Å². The lowest BCUT2D eigenvalue weighted by Gasteiger charge is -2.34. The number of unbranched alkanes of at least 4 members (excludes halogenated alkanes) is 2. The second-order valence-electron chi connectivity index (χ2n) is 6.85. The van der Waals surface area contributed by atoms with E-state index in [0.717, 1.165) is 50.8 Å². The monoisotopic (exact) mass is 336 g/mol. The van der Waals surface area contributed by atoms with Crippen LogP contribution in [0.2, 0.25) is 0 Å². The summed E-state index contributed by atoms with van der Waals surface area (Å²) in [6.07, 6.45) is 4.69. The first-order chi connectivity index (χ1) is 11.5. The molecule has 0 aromatic heterocycles. The lowest BCUT2D eigenvalue weighted by molar-refractivity contribution is 0.0366. The number of nitrogen functional groups attached to an aromatic ring is 1. The van der Waals surface area contributed by atoms with Gasteiger partial charge in [-0.05, 0) is 44.0 Å². The van der Waals surface area contributed by atoms with E-state index in [1.165, 1.54) is 0 Å². The Bertz CT molecular complexity index is 522. The zero-order chi connectivity index (χ0) is 17.5. The van der Waals surface area contributed by atoms with Crippen LogP contribution >= 0.6 is 0 Å². The fourth-order valence-electron chi connectivity index (χ4n) is 3.34. The minimum atomic E-state index is -0.251. The van der Waals surface area contributed by atoms with E-state index in [9.17, 15) is 5.11 Å². The van der Waals surface area contributed by atoms with E-state index in [2.05, 4.69) is 18.9 Å². The molecule has 2 unspecified atom stereocenters. The molecule has 2 atom stereocenters. The van der Waals surface area contributed by atoms with Crippen LogP contribution in [0.3, 0.4) is 0 Å². The highest BCUT2D eigenvalue weighted by molar-refractivity contribution is 5.62. The van der Waals surface area contributed by atoms with Gasteiger partial charge in [0, 0.05) is 19.0 Å². The SMILES string of the molecule is CCCCCOc1c(N)cc(CC2CN(C)CCC2O)cc1OC. The Morgan fingerprint density at radius 2 is 2.12 bits per heavy atom. The molecule has 5 nitrogen and oxygen atoms in total. The Balaban J connectivity index is 2.07. The Morgan fingerprint density at radius 1 is 1.33 bits per heavy atom. The molecule has 3 N–H and O–H groups in total. The van der Waals surface area contributed by atoms with E-state index in [-0.39, 0.29) is 12.0 Å². The molecule has 1 aliphatic heterocycles. The molecule has 136 valence electrons. The summed E-state index contributed by atoms with van der Waals surface area (Å²) in [4.78, 5) is 2.27. The number of methoxy groups -OCH3 is 1. The van der Waals surface area contributed by atoms with E-state index in [0.29, 0.717) is 23.8 Å². The van der Waals surface area contributed by atoms with Crippen molar-refractivity contribution in [2.24, 2.45) is 5.92 Å². The molecule has 0 bridgehead atoms. The second-order valence-corrected chi connectivity index (χ2v) is 6.85. The predicted octanol–water partition coefficient (Wildman–Crippen LogP) is 2.70. The van der Waals surface area contributed by atoms with Crippen LogP contribution in [0.25, 0.3) is 0 Å². The second kappa shape index (κ2) is 9.14. The molecule has 0 saturated carbocycles. The highest BCUT2D eigenvalue weighted by Gasteiger charge is 2.26. The smallest absolute Gasteiger partial charge is 0.184 e. The van der Waals surface area contributed by atoms with Gasteiger partial charge in [-0.2, -0.15) is 0 Å². The standard InChI is InChI=1S/C19H32N2O3/c1-4-5-6-9-24-19-16(20)11-14(12-18(19)23-3)10-15-13-21(2)8-7-17(15)22/h11-12,15,17,22H,4-10,13,20H2,1-3H3. The summed E-state index contributed by atoms with van der Waals surface area (Å²) < 4.78 is 11.3. The Kier molecular flexibility index (Phi) is 7.18. The van der Waals surface area contributed by atoms with E-state index in [1.54, 1.807) is 7.11 Å². The quantitative estimate of drug-likeness (QED) is 0.564. The number of nitrogens with zero attached hydrogens (tertiary/aromatic N) is 1. The molecule has 5 heteroatoms. The average molecular weight is 336 g/mol. The van der Waals surface area contributed by atoms with E-state index in [4.69, 9.17) is 15.2 Å².